The molecule has 8 heteroatoms. The average molecular weight is 345 g/mol. The molecule has 0 bridgehead atoms. The van der Waals surface area contributed by atoms with Gasteiger partial charge in [0.25, 0.3) is 0 Å². The monoisotopic (exact) mass is 344 g/mol. The van der Waals surface area contributed by atoms with Crippen LogP contribution in [0.4, 0.5) is 0 Å². The van der Waals surface area contributed by atoms with E-state index in [0.717, 1.165) is 13.1 Å². The highest BCUT2D eigenvalue weighted by Crippen LogP contribution is 2.39. The van der Waals surface area contributed by atoms with Crippen molar-refractivity contribution in [3.8, 4) is 11.5 Å². The fourth-order valence-corrected chi connectivity index (χ4v) is 5.45. The number of nitrogens with zero attached hydrogens (tertiary/aromatic N) is 1. The SMILES string of the molecule is O=S(=O)(c1cc2c(cc1Cl)OCCO2)N1C[C@H]2CNC[C@H]2C1. The molecule has 0 saturated carbocycles. The summed E-state index contributed by atoms with van der Waals surface area (Å²) < 4.78 is 38.2. The van der Waals surface area contributed by atoms with Gasteiger partial charge in [-0.2, -0.15) is 4.31 Å². The van der Waals surface area contributed by atoms with Crippen molar-refractivity contribution in [1.29, 1.82) is 0 Å². The molecule has 4 rings (SSSR count). The van der Waals surface area contributed by atoms with Gasteiger partial charge in [0.1, 0.15) is 18.1 Å². The van der Waals surface area contributed by atoms with Crippen LogP contribution in [0.2, 0.25) is 5.02 Å². The zero-order valence-electron chi connectivity index (χ0n) is 11.9. The van der Waals surface area contributed by atoms with Crippen molar-refractivity contribution in [3.05, 3.63) is 17.2 Å². The minimum atomic E-state index is -3.61. The van der Waals surface area contributed by atoms with Crippen LogP contribution in [0.3, 0.4) is 0 Å². The number of benzene rings is 1. The van der Waals surface area contributed by atoms with Crippen molar-refractivity contribution in [2.45, 2.75) is 4.90 Å². The molecule has 6 nitrogen and oxygen atoms in total. The van der Waals surface area contributed by atoms with E-state index < -0.39 is 10.0 Å². The van der Waals surface area contributed by atoms with Gasteiger partial charge in [-0.15, -0.1) is 0 Å². The van der Waals surface area contributed by atoms with E-state index in [0.29, 0.717) is 49.6 Å². The molecule has 3 aliphatic rings. The van der Waals surface area contributed by atoms with E-state index in [2.05, 4.69) is 5.32 Å². The summed E-state index contributed by atoms with van der Waals surface area (Å²) in [7, 11) is -3.61. The minimum Gasteiger partial charge on any atom is -0.486 e. The van der Waals surface area contributed by atoms with Crippen LogP contribution in [0.25, 0.3) is 0 Å². The van der Waals surface area contributed by atoms with Crippen LogP contribution < -0.4 is 14.8 Å². The summed E-state index contributed by atoms with van der Waals surface area (Å²) >= 11 is 6.19. The molecule has 0 unspecified atom stereocenters. The summed E-state index contributed by atoms with van der Waals surface area (Å²) in [6.45, 7) is 3.71. The molecular formula is C14H17ClN2O4S. The second-order valence-electron chi connectivity index (χ2n) is 5.93. The van der Waals surface area contributed by atoms with Gasteiger partial charge in [0.2, 0.25) is 10.0 Å². The quantitative estimate of drug-likeness (QED) is 0.865. The largest absolute Gasteiger partial charge is 0.486 e. The second kappa shape index (κ2) is 5.26. The highest BCUT2D eigenvalue weighted by molar-refractivity contribution is 7.89. The molecule has 3 heterocycles. The Kier molecular flexibility index (Phi) is 3.48. The van der Waals surface area contributed by atoms with Gasteiger partial charge in [-0.25, -0.2) is 8.42 Å². The molecule has 1 aromatic carbocycles. The average Bonchev–Trinajstić information content (AvgIpc) is 3.07. The predicted molar refractivity (Wildman–Crippen MR) is 81.1 cm³/mol. The highest BCUT2D eigenvalue weighted by atomic mass is 35.5. The molecule has 2 saturated heterocycles. The standard InChI is InChI=1S/C14H17ClN2O4S/c15-11-3-12-13(21-2-1-20-12)4-14(11)22(18,19)17-7-9-5-16-6-10(9)8-17/h3-4,9-10,16H,1-2,5-8H2/t9-,10+. The second-order valence-corrected chi connectivity index (χ2v) is 8.24. The maximum atomic E-state index is 12.9. The van der Waals surface area contributed by atoms with Crippen molar-refractivity contribution in [2.24, 2.45) is 11.8 Å². The van der Waals surface area contributed by atoms with E-state index >= 15 is 0 Å². The normalized spacial score (nSPS) is 27.9. The highest BCUT2D eigenvalue weighted by Gasteiger charge is 2.42. The van der Waals surface area contributed by atoms with E-state index in [1.807, 2.05) is 0 Å². The number of hydrogen-bond acceptors (Lipinski definition) is 5. The predicted octanol–water partition coefficient (Wildman–Crippen LogP) is 0.951. The number of sulfonamides is 1. The first-order chi connectivity index (χ1) is 10.6. The molecule has 0 aliphatic carbocycles. The molecule has 2 atom stereocenters. The van der Waals surface area contributed by atoms with Gasteiger partial charge in [0.15, 0.2) is 11.5 Å². The van der Waals surface area contributed by atoms with Gasteiger partial charge in [0.05, 0.1) is 5.02 Å². The number of nitrogens with one attached hydrogen (secondary N) is 1. The molecular weight excluding hydrogens is 328 g/mol. The first kappa shape index (κ1) is 14.6. The number of ether oxygens (including phenoxy) is 2. The van der Waals surface area contributed by atoms with E-state index in [9.17, 15) is 8.42 Å². The molecule has 120 valence electrons. The molecule has 3 aliphatic heterocycles. The lowest BCUT2D eigenvalue weighted by Crippen LogP contribution is -2.32. The fourth-order valence-electron chi connectivity index (χ4n) is 3.39. The summed E-state index contributed by atoms with van der Waals surface area (Å²) in [6, 6.07) is 3.01. The molecule has 0 spiro atoms. The first-order valence-corrected chi connectivity index (χ1v) is 9.17. The third-order valence-corrected chi connectivity index (χ3v) is 6.87. The Balaban J connectivity index is 1.68. The van der Waals surface area contributed by atoms with Crippen LogP contribution in [0.15, 0.2) is 17.0 Å². The number of halogens is 1. The van der Waals surface area contributed by atoms with Crippen LogP contribution in [0, 0.1) is 11.8 Å². The van der Waals surface area contributed by atoms with Crippen LogP contribution in [-0.4, -0.2) is 52.1 Å². The molecule has 1 N–H and O–H groups in total. The van der Waals surface area contributed by atoms with E-state index in [4.69, 9.17) is 21.1 Å². The van der Waals surface area contributed by atoms with Crippen LogP contribution >= 0.6 is 11.6 Å². The molecule has 0 aromatic heterocycles. The summed E-state index contributed by atoms with van der Waals surface area (Å²) in [5.41, 5.74) is 0. The molecule has 1 aromatic rings. The van der Waals surface area contributed by atoms with Crippen molar-refractivity contribution >= 4 is 21.6 Å². The Labute approximate surface area is 134 Å². The van der Waals surface area contributed by atoms with Gasteiger partial charge >= 0.3 is 0 Å². The van der Waals surface area contributed by atoms with Gasteiger partial charge < -0.3 is 14.8 Å². The third kappa shape index (κ3) is 2.27. The summed E-state index contributed by atoms with van der Waals surface area (Å²) in [4.78, 5) is 0.103. The first-order valence-electron chi connectivity index (χ1n) is 7.36. The number of rotatable bonds is 2. The van der Waals surface area contributed by atoms with Gasteiger partial charge in [-0.1, -0.05) is 11.6 Å². The van der Waals surface area contributed by atoms with Crippen molar-refractivity contribution in [2.75, 3.05) is 39.4 Å². The minimum absolute atomic E-state index is 0.103. The topological polar surface area (TPSA) is 67.9 Å². The Morgan fingerprint density at radius 1 is 1.09 bits per heavy atom. The lowest BCUT2D eigenvalue weighted by molar-refractivity contribution is 0.171. The summed E-state index contributed by atoms with van der Waals surface area (Å²) in [5, 5.41) is 3.48. The Morgan fingerprint density at radius 3 is 2.32 bits per heavy atom. The number of fused-ring (bicyclic) bond motifs is 2. The maximum absolute atomic E-state index is 12.9. The zero-order valence-corrected chi connectivity index (χ0v) is 13.5. The molecule has 2 fully saturated rings. The zero-order chi connectivity index (χ0) is 15.3. The van der Waals surface area contributed by atoms with E-state index in [1.165, 1.54) is 12.1 Å². The Hall–Kier alpha value is -1.02. The Morgan fingerprint density at radius 2 is 1.68 bits per heavy atom. The lowest BCUT2D eigenvalue weighted by Gasteiger charge is -2.22. The molecule has 0 amide bonds. The summed E-state index contributed by atoms with van der Waals surface area (Å²) in [5.74, 6) is 1.73. The number of hydrogen-bond donors (Lipinski definition) is 1. The van der Waals surface area contributed by atoms with Crippen molar-refractivity contribution in [3.63, 3.8) is 0 Å². The van der Waals surface area contributed by atoms with E-state index in [-0.39, 0.29) is 9.92 Å². The van der Waals surface area contributed by atoms with Crippen LogP contribution in [0.5, 0.6) is 11.5 Å². The van der Waals surface area contributed by atoms with Crippen molar-refractivity contribution in [1.82, 2.24) is 9.62 Å². The van der Waals surface area contributed by atoms with Crippen LogP contribution in [0.1, 0.15) is 0 Å². The molecule has 22 heavy (non-hydrogen) atoms. The van der Waals surface area contributed by atoms with Gasteiger partial charge in [-0.3, -0.25) is 0 Å². The smallest absolute Gasteiger partial charge is 0.244 e. The van der Waals surface area contributed by atoms with Gasteiger partial charge in [-0.05, 0) is 24.9 Å². The fraction of sp³-hybridized carbons (Fsp3) is 0.571. The Bertz CT molecular complexity index is 697. The van der Waals surface area contributed by atoms with Gasteiger partial charge in [0, 0.05) is 25.2 Å². The van der Waals surface area contributed by atoms with Crippen molar-refractivity contribution < 1.29 is 17.9 Å². The lowest BCUT2D eigenvalue weighted by atomic mass is 10.0. The maximum Gasteiger partial charge on any atom is 0.244 e. The summed E-state index contributed by atoms with van der Waals surface area (Å²) in [6.07, 6.45) is 0. The molecule has 0 radical (unpaired) electrons. The van der Waals surface area contributed by atoms with E-state index in [1.54, 1.807) is 4.31 Å². The van der Waals surface area contributed by atoms with Crippen LogP contribution in [-0.2, 0) is 10.0 Å². The third-order valence-electron chi connectivity index (χ3n) is 4.57.